The zero-order valence-electron chi connectivity index (χ0n) is 7.01. The summed E-state index contributed by atoms with van der Waals surface area (Å²) >= 11 is 0. The lowest BCUT2D eigenvalue weighted by atomic mass is 10.3. The molecule has 2 aromatic heterocycles. The fourth-order valence-corrected chi connectivity index (χ4v) is 0.937. The van der Waals surface area contributed by atoms with Crippen LogP contribution in [0, 0.1) is 6.92 Å². The highest BCUT2D eigenvalue weighted by Crippen LogP contribution is 2.03. The van der Waals surface area contributed by atoms with Crippen molar-refractivity contribution in [3.05, 3.63) is 17.6 Å². The van der Waals surface area contributed by atoms with Gasteiger partial charge in [-0.3, -0.25) is 0 Å². The number of hydrogen-bond acceptors (Lipinski definition) is 6. The van der Waals surface area contributed by atoms with Gasteiger partial charge in [-0.2, -0.15) is 0 Å². The summed E-state index contributed by atoms with van der Waals surface area (Å²) in [7, 11) is 0. The Kier molecular flexibility index (Phi) is 1.69. The molecule has 0 aliphatic heterocycles. The van der Waals surface area contributed by atoms with Gasteiger partial charge in [0.15, 0.2) is 5.82 Å². The van der Waals surface area contributed by atoms with Gasteiger partial charge in [-0.25, -0.2) is 9.31 Å². The molecule has 0 atom stereocenters. The highest BCUT2D eigenvalue weighted by atomic mass is 16.6. The van der Waals surface area contributed by atoms with Gasteiger partial charge in [0.05, 0.1) is 12.7 Å². The molecule has 0 fully saturated rings. The van der Waals surface area contributed by atoms with Gasteiger partial charge in [-0.1, -0.05) is 15.5 Å². The molecule has 2 aromatic rings. The summed E-state index contributed by atoms with van der Waals surface area (Å²) < 4.78 is 6.10. The highest BCUT2D eigenvalue weighted by Gasteiger charge is 2.06. The monoisotopic (exact) mass is 180 g/mol. The highest BCUT2D eigenvalue weighted by molar-refractivity contribution is 5.20. The van der Waals surface area contributed by atoms with Gasteiger partial charge in [0.1, 0.15) is 11.4 Å². The molecule has 0 aliphatic carbocycles. The fourth-order valence-electron chi connectivity index (χ4n) is 0.937. The average molecular weight is 180 g/mol. The van der Waals surface area contributed by atoms with Crippen LogP contribution in [0.3, 0.4) is 0 Å². The van der Waals surface area contributed by atoms with E-state index in [2.05, 4.69) is 25.3 Å². The van der Waals surface area contributed by atoms with Crippen LogP contribution in [0.2, 0.25) is 0 Å². The van der Waals surface area contributed by atoms with Crippen molar-refractivity contribution in [3.8, 4) is 0 Å². The van der Waals surface area contributed by atoms with Gasteiger partial charge in [-0.15, -0.1) is 5.10 Å². The first kappa shape index (κ1) is 7.71. The van der Waals surface area contributed by atoms with Crippen molar-refractivity contribution in [1.82, 2.24) is 25.3 Å². The molecule has 0 bridgehead atoms. The van der Waals surface area contributed by atoms with E-state index in [0.717, 1.165) is 11.4 Å². The molecule has 2 N–H and O–H groups in total. The maximum absolute atomic E-state index is 5.39. The van der Waals surface area contributed by atoms with Crippen LogP contribution in [-0.4, -0.2) is 25.3 Å². The van der Waals surface area contributed by atoms with E-state index in [1.807, 2.05) is 6.92 Å². The summed E-state index contributed by atoms with van der Waals surface area (Å²) in [5, 5.41) is 14.7. The minimum atomic E-state index is 0.383. The van der Waals surface area contributed by atoms with Crippen LogP contribution in [-0.2, 0) is 6.54 Å². The molecule has 13 heavy (non-hydrogen) atoms. The molecule has 0 unspecified atom stereocenters. The van der Waals surface area contributed by atoms with Crippen molar-refractivity contribution in [2.75, 3.05) is 5.73 Å². The lowest BCUT2D eigenvalue weighted by Crippen LogP contribution is -2.02. The van der Waals surface area contributed by atoms with E-state index in [-0.39, 0.29) is 0 Å². The van der Waals surface area contributed by atoms with Gasteiger partial charge in [0, 0.05) is 0 Å². The van der Waals surface area contributed by atoms with E-state index in [9.17, 15) is 0 Å². The minimum Gasteiger partial charge on any atom is -0.381 e. The third-order valence-electron chi connectivity index (χ3n) is 1.61. The maximum atomic E-state index is 5.39. The molecule has 7 nitrogen and oxygen atoms in total. The van der Waals surface area contributed by atoms with Crippen LogP contribution < -0.4 is 5.73 Å². The van der Waals surface area contributed by atoms with Crippen molar-refractivity contribution in [1.29, 1.82) is 0 Å². The van der Waals surface area contributed by atoms with E-state index in [4.69, 9.17) is 5.73 Å². The second-order valence-corrected chi connectivity index (χ2v) is 2.64. The molecular formula is C6H8N6O. The molecular weight excluding hydrogens is 172 g/mol. The Morgan fingerprint density at radius 3 is 2.92 bits per heavy atom. The molecule has 2 rings (SSSR count). The molecule has 0 radical (unpaired) electrons. The predicted octanol–water partition coefficient (Wildman–Crippen LogP) is -0.400. The number of nitrogens with two attached hydrogens (primary N) is 1. The number of nitrogen functional groups attached to an aromatic ring is 1. The molecule has 0 amide bonds. The second-order valence-electron chi connectivity index (χ2n) is 2.64. The summed E-state index contributed by atoms with van der Waals surface area (Å²) in [5.41, 5.74) is 6.86. The van der Waals surface area contributed by atoms with Gasteiger partial charge in [0.2, 0.25) is 0 Å². The Hall–Kier alpha value is -1.92. The summed E-state index contributed by atoms with van der Waals surface area (Å²) in [6.45, 7) is 2.28. The number of aromatic nitrogens is 5. The third kappa shape index (κ3) is 1.48. The fraction of sp³-hybridized carbons (Fsp3) is 0.333. The quantitative estimate of drug-likeness (QED) is 0.675. The topological polar surface area (TPSA) is 95.7 Å². The Morgan fingerprint density at radius 2 is 2.38 bits per heavy atom. The van der Waals surface area contributed by atoms with Crippen molar-refractivity contribution in [2.45, 2.75) is 13.5 Å². The zero-order chi connectivity index (χ0) is 9.26. The Balaban J connectivity index is 2.19. The molecule has 68 valence electrons. The normalized spacial score (nSPS) is 10.5. The largest absolute Gasteiger partial charge is 0.381 e. The average Bonchev–Trinajstić information content (AvgIpc) is 2.64. The zero-order valence-corrected chi connectivity index (χ0v) is 7.01. The summed E-state index contributed by atoms with van der Waals surface area (Å²) in [5.74, 6) is 0.383. The van der Waals surface area contributed by atoms with Crippen LogP contribution in [0.4, 0.5) is 5.82 Å². The lowest BCUT2D eigenvalue weighted by Gasteiger charge is -1.93. The van der Waals surface area contributed by atoms with Crippen LogP contribution >= 0.6 is 0 Å². The van der Waals surface area contributed by atoms with Crippen molar-refractivity contribution in [2.24, 2.45) is 0 Å². The number of aryl methyl sites for hydroxylation is 1. The number of anilines is 1. The first-order chi connectivity index (χ1) is 6.25. The van der Waals surface area contributed by atoms with Crippen LogP contribution in [0.15, 0.2) is 10.8 Å². The van der Waals surface area contributed by atoms with Crippen LogP contribution in [0.25, 0.3) is 0 Å². The maximum Gasteiger partial charge on any atom is 0.165 e. The second kappa shape index (κ2) is 2.85. The van der Waals surface area contributed by atoms with Crippen molar-refractivity contribution in [3.63, 3.8) is 0 Å². The minimum absolute atomic E-state index is 0.383. The van der Waals surface area contributed by atoms with Crippen molar-refractivity contribution >= 4 is 5.82 Å². The van der Waals surface area contributed by atoms with E-state index >= 15 is 0 Å². The summed E-state index contributed by atoms with van der Waals surface area (Å²) in [6.07, 6.45) is 1.62. The van der Waals surface area contributed by atoms with Gasteiger partial charge < -0.3 is 5.73 Å². The predicted molar refractivity (Wildman–Crippen MR) is 42.6 cm³/mol. The third-order valence-corrected chi connectivity index (χ3v) is 1.61. The Morgan fingerprint density at radius 1 is 1.54 bits per heavy atom. The molecule has 0 spiro atoms. The Bertz CT molecular complexity index is 405. The summed E-state index contributed by atoms with van der Waals surface area (Å²) in [6, 6.07) is 0. The first-order valence-electron chi connectivity index (χ1n) is 3.69. The molecule has 7 heteroatoms. The lowest BCUT2D eigenvalue weighted by molar-refractivity contribution is 0.300. The standard InChI is InChI=1S/C6H8N6O/c1-4-5(10-13-9-4)2-12-3-6(7)8-11-12/h3H,2,7H2,1H3. The number of nitrogens with zero attached hydrogens (tertiary/aromatic N) is 5. The summed E-state index contributed by atoms with van der Waals surface area (Å²) in [4.78, 5) is 0. The van der Waals surface area contributed by atoms with Gasteiger partial charge in [-0.05, 0) is 6.92 Å². The van der Waals surface area contributed by atoms with E-state index in [1.54, 1.807) is 10.9 Å². The van der Waals surface area contributed by atoms with E-state index in [0.29, 0.717) is 12.4 Å². The van der Waals surface area contributed by atoms with Gasteiger partial charge in [0.25, 0.3) is 0 Å². The number of rotatable bonds is 2. The molecule has 0 saturated carbocycles. The SMILES string of the molecule is Cc1nonc1Cn1cc(N)nn1. The molecule has 0 aliphatic rings. The number of hydrogen-bond donors (Lipinski definition) is 1. The van der Waals surface area contributed by atoms with Crippen LogP contribution in [0.1, 0.15) is 11.4 Å². The van der Waals surface area contributed by atoms with E-state index in [1.165, 1.54) is 0 Å². The first-order valence-corrected chi connectivity index (χ1v) is 3.69. The smallest absolute Gasteiger partial charge is 0.165 e. The van der Waals surface area contributed by atoms with Crippen LogP contribution in [0.5, 0.6) is 0 Å². The van der Waals surface area contributed by atoms with Gasteiger partial charge >= 0.3 is 0 Å². The Labute approximate surface area is 73.5 Å². The molecule has 0 aromatic carbocycles. The molecule has 2 heterocycles. The molecule has 0 saturated heterocycles. The van der Waals surface area contributed by atoms with Crippen molar-refractivity contribution < 1.29 is 4.63 Å². The van der Waals surface area contributed by atoms with E-state index < -0.39 is 0 Å².